The number of halogens is 1. The fourth-order valence-corrected chi connectivity index (χ4v) is 4.27. The standard InChI is InChI=1S/C14H18BrNOS2/c1-8-9(15)5-11(19-8)10(17)6-13-16-12(7-18-13)14(2,3)4/h5,7,10,17H,6H2,1-4H3. The molecule has 0 bridgehead atoms. The van der Waals surface area contributed by atoms with Gasteiger partial charge in [-0.1, -0.05) is 20.8 Å². The molecule has 2 heterocycles. The molecule has 0 aromatic carbocycles. The minimum atomic E-state index is -0.464. The second-order valence-corrected chi connectivity index (χ2v) is 8.73. The Morgan fingerprint density at radius 2 is 2.11 bits per heavy atom. The molecule has 2 aromatic rings. The van der Waals surface area contributed by atoms with E-state index in [4.69, 9.17) is 0 Å². The third-order valence-corrected chi connectivity index (χ3v) is 6.00. The summed E-state index contributed by atoms with van der Waals surface area (Å²) in [6.45, 7) is 8.51. The zero-order chi connectivity index (χ0) is 14.2. The van der Waals surface area contributed by atoms with Crippen LogP contribution in [0.4, 0.5) is 0 Å². The van der Waals surface area contributed by atoms with Gasteiger partial charge in [0.1, 0.15) is 0 Å². The molecule has 0 saturated heterocycles. The summed E-state index contributed by atoms with van der Waals surface area (Å²) in [7, 11) is 0. The Bertz CT molecular complexity index is 549. The van der Waals surface area contributed by atoms with Crippen molar-refractivity contribution in [1.29, 1.82) is 0 Å². The molecule has 1 unspecified atom stereocenters. The van der Waals surface area contributed by atoms with Crippen molar-refractivity contribution in [1.82, 2.24) is 4.98 Å². The van der Waals surface area contributed by atoms with Crippen LogP contribution < -0.4 is 0 Å². The quantitative estimate of drug-likeness (QED) is 0.849. The highest BCUT2D eigenvalue weighted by Gasteiger charge is 2.19. The van der Waals surface area contributed by atoms with Crippen molar-refractivity contribution in [3.63, 3.8) is 0 Å². The monoisotopic (exact) mass is 359 g/mol. The van der Waals surface area contributed by atoms with Gasteiger partial charge in [0.2, 0.25) is 0 Å². The smallest absolute Gasteiger partial charge is 0.0958 e. The van der Waals surface area contributed by atoms with Crippen molar-refractivity contribution in [3.8, 4) is 0 Å². The summed E-state index contributed by atoms with van der Waals surface area (Å²) in [4.78, 5) is 6.82. The van der Waals surface area contributed by atoms with Crippen molar-refractivity contribution >= 4 is 38.6 Å². The normalized spacial score (nSPS) is 13.8. The lowest BCUT2D eigenvalue weighted by molar-refractivity contribution is 0.182. The Morgan fingerprint density at radius 3 is 2.58 bits per heavy atom. The third-order valence-electron chi connectivity index (χ3n) is 2.89. The molecule has 2 nitrogen and oxygen atoms in total. The highest BCUT2D eigenvalue weighted by atomic mass is 79.9. The van der Waals surface area contributed by atoms with Crippen LogP contribution in [0.15, 0.2) is 15.9 Å². The fraction of sp³-hybridized carbons (Fsp3) is 0.500. The van der Waals surface area contributed by atoms with Crippen molar-refractivity contribution in [2.24, 2.45) is 0 Å². The van der Waals surface area contributed by atoms with Gasteiger partial charge in [-0.05, 0) is 28.9 Å². The van der Waals surface area contributed by atoms with Gasteiger partial charge in [-0.2, -0.15) is 0 Å². The van der Waals surface area contributed by atoms with E-state index in [-0.39, 0.29) is 5.41 Å². The second kappa shape index (κ2) is 5.64. The third kappa shape index (κ3) is 3.66. The van der Waals surface area contributed by atoms with Gasteiger partial charge in [0.05, 0.1) is 16.8 Å². The van der Waals surface area contributed by atoms with Crippen LogP contribution >= 0.6 is 38.6 Å². The largest absolute Gasteiger partial charge is 0.387 e. The Hall–Kier alpha value is -0.230. The summed E-state index contributed by atoms with van der Waals surface area (Å²) < 4.78 is 1.07. The predicted molar refractivity (Wildman–Crippen MR) is 86.2 cm³/mol. The van der Waals surface area contributed by atoms with Crippen LogP contribution in [-0.2, 0) is 11.8 Å². The number of aromatic nitrogens is 1. The SMILES string of the molecule is Cc1sc(C(O)Cc2nc(C(C)(C)C)cs2)cc1Br. The van der Waals surface area contributed by atoms with Gasteiger partial charge in [-0.3, -0.25) is 0 Å². The van der Waals surface area contributed by atoms with Gasteiger partial charge in [-0.15, -0.1) is 22.7 Å². The number of nitrogens with zero attached hydrogens (tertiary/aromatic N) is 1. The van der Waals surface area contributed by atoms with E-state index >= 15 is 0 Å². The van der Waals surface area contributed by atoms with Gasteiger partial charge >= 0.3 is 0 Å². The molecule has 0 aliphatic carbocycles. The number of thiazole rings is 1. The van der Waals surface area contributed by atoms with E-state index in [1.54, 1.807) is 22.7 Å². The molecule has 0 aliphatic rings. The molecule has 19 heavy (non-hydrogen) atoms. The summed E-state index contributed by atoms with van der Waals surface area (Å²) in [6.07, 6.45) is 0.126. The van der Waals surface area contributed by atoms with E-state index in [1.807, 2.05) is 13.0 Å². The van der Waals surface area contributed by atoms with E-state index < -0.39 is 6.10 Å². The number of aliphatic hydroxyl groups excluding tert-OH is 1. The molecule has 2 rings (SSSR count). The Morgan fingerprint density at radius 1 is 1.42 bits per heavy atom. The summed E-state index contributed by atoms with van der Waals surface area (Å²) in [5, 5.41) is 13.4. The maximum atomic E-state index is 10.3. The van der Waals surface area contributed by atoms with Crippen LogP contribution in [0.25, 0.3) is 0 Å². The van der Waals surface area contributed by atoms with Crippen molar-refractivity contribution < 1.29 is 5.11 Å². The number of rotatable bonds is 3. The summed E-state index contributed by atoms with van der Waals surface area (Å²) >= 11 is 6.75. The lowest BCUT2D eigenvalue weighted by Gasteiger charge is -2.14. The minimum absolute atomic E-state index is 0.0717. The lowest BCUT2D eigenvalue weighted by atomic mass is 9.93. The van der Waals surface area contributed by atoms with Crippen LogP contribution in [0.3, 0.4) is 0 Å². The molecule has 0 fully saturated rings. The van der Waals surface area contributed by atoms with E-state index in [2.05, 4.69) is 47.1 Å². The van der Waals surface area contributed by atoms with Crippen LogP contribution in [-0.4, -0.2) is 10.1 Å². The van der Waals surface area contributed by atoms with Gasteiger partial charge in [-0.25, -0.2) is 4.98 Å². The molecule has 1 atom stereocenters. The molecule has 5 heteroatoms. The van der Waals surface area contributed by atoms with Crippen molar-refractivity contribution in [2.45, 2.75) is 45.6 Å². The molecular formula is C14H18BrNOS2. The summed E-state index contributed by atoms with van der Waals surface area (Å²) in [6, 6.07) is 2.00. The zero-order valence-corrected chi connectivity index (χ0v) is 14.7. The van der Waals surface area contributed by atoms with Crippen LogP contribution in [0.1, 0.15) is 47.3 Å². The van der Waals surface area contributed by atoms with E-state index in [9.17, 15) is 5.11 Å². The molecule has 0 saturated carbocycles. The maximum Gasteiger partial charge on any atom is 0.0958 e. The predicted octanol–water partition coefficient (Wildman–Crippen LogP) is 4.85. The summed E-state index contributed by atoms with van der Waals surface area (Å²) in [5.74, 6) is 0. The number of thiophene rings is 1. The highest BCUT2D eigenvalue weighted by molar-refractivity contribution is 9.10. The van der Waals surface area contributed by atoms with E-state index in [1.165, 1.54) is 4.88 Å². The molecule has 104 valence electrons. The lowest BCUT2D eigenvalue weighted by Crippen LogP contribution is -2.11. The molecular weight excluding hydrogens is 342 g/mol. The first-order chi connectivity index (χ1) is 8.77. The minimum Gasteiger partial charge on any atom is -0.387 e. The fourth-order valence-electron chi connectivity index (χ4n) is 1.66. The van der Waals surface area contributed by atoms with Gasteiger partial charge in [0.15, 0.2) is 0 Å². The van der Waals surface area contributed by atoms with Crippen LogP contribution in [0.2, 0.25) is 0 Å². The molecule has 2 aromatic heterocycles. The Balaban J connectivity index is 2.11. The molecule has 0 radical (unpaired) electrons. The van der Waals surface area contributed by atoms with Crippen LogP contribution in [0, 0.1) is 6.92 Å². The summed E-state index contributed by atoms with van der Waals surface area (Å²) in [5.41, 5.74) is 1.17. The molecule has 0 amide bonds. The first-order valence-electron chi connectivity index (χ1n) is 6.16. The Kier molecular flexibility index (Phi) is 4.50. The first kappa shape index (κ1) is 15.2. The average molecular weight is 360 g/mol. The molecule has 0 aliphatic heterocycles. The highest BCUT2D eigenvalue weighted by Crippen LogP contribution is 2.33. The molecule has 0 spiro atoms. The second-order valence-electron chi connectivity index (χ2n) is 5.65. The number of aliphatic hydroxyl groups is 1. The zero-order valence-electron chi connectivity index (χ0n) is 11.5. The topological polar surface area (TPSA) is 33.1 Å². The van der Waals surface area contributed by atoms with Crippen molar-refractivity contribution in [2.75, 3.05) is 0 Å². The van der Waals surface area contributed by atoms with Crippen molar-refractivity contribution in [3.05, 3.63) is 36.4 Å². The average Bonchev–Trinajstić information content (AvgIpc) is 2.86. The molecule has 1 N–H and O–H groups in total. The van der Waals surface area contributed by atoms with E-state index in [0.29, 0.717) is 6.42 Å². The van der Waals surface area contributed by atoms with Gasteiger partial charge < -0.3 is 5.11 Å². The first-order valence-corrected chi connectivity index (χ1v) is 8.65. The maximum absolute atomic E-state index is 10.3. The van der Waals surface area contributed by atoms with E-state index in [0.717, 1.165) is 20.1 Å². The number of hydrogen-bond donors (Lipinski definition) is 1. The Labute approximate surface area is 130 Å². The van der Waals surface area contributed by atoms with Gasteiger partial charge in [0, 0.05) is 31.4 Å². The number of hydrogen-bond acceptors (Lipinski definition) is 4. The number of aryl methyl sites for hydroxylation is 1. The van der Waals surface area contributed by atoms with Gasteiger partial charge in [0.25, 0.3) is 0 Å². The van der Waals surface area contributed by atoms with Crippen LogP contribution in [0.5, 0.6) is 0 Å².